The van der Waals surface area contributed by atoms with E-state index in [1.165, 1.54) is 0 Å². The molecule has 1 aromatic rings. The zero-order chi connectivity index (χ0) is 12.8. The van der Waals surface area contributed by atoms with E-state index in [9.17, 15) is 13.6 Å². The molecule has 0 heterocycles. The minimum Gasteiger partial charge on any atom is -0.481 e. The second-order valence-electron chi connectivity index (χ2n) is 3.93. The molecule has 0 saturated heterocycles. The Bertz CT molecular complexity index is 396. The number of halogens is 2. The van der Waals surface area contributed by atoms with Gasteiger partial charge in [-0.2, -0.15) is 0 Å². The van der Waals surface area contributed by atoms with Crippen molar-refractivity contribution < 1.29 is 18.7 Å². The quantitative estimate of drug-likeness (QED) is 0.749. The van der Waals surface area contributed by atoms with E-state index in [4.69, 9.17) is 5.11 Å². The van der Waals surface area contributed by atoms with Crippen LogP contribution in [-0.2, 0) is 11.2 Å². The molecule has 0 fully saturated rings. The maximum atomic E-state index is 13.2. The molecule has 1 aromatic carbocycles. The SMILES string of the molecule is CC(CNCCc1cc(F)ccc1F)C(=O)O. The van der Waals surface area contributed by atoms with E-state index in [1.54, 1.807) is 6.92 Å². The molecule has 0 aromatic heterocycles. The Hall–Kier alpha value is -1.49. The normalized spacial score (nSPS) is 12.4. The molecule has 0 saturated carbocycles. The molecule has 3 nitrogen and oxygen atoms in total. The van der Waals surface area contributed by atoms with Crippen LogP contribution in [0, 0.1) is 17.6 Å². The molecule has 0 amide bonds. The van der Waals surface area contributed by atoms with Crippen LogP contribution in [0.25, 0.3) is 0 Å². The molecule has 5 heteroatoms. The number of aliphatic carboxylic acids is 1. The van der Waals surface area contributed by atoms with E-state index in [1.807, 2.05) is 0 Å². The van der Waals surface area contributed by atoms with Gasteiger partial charge in [0, 0.05) is 6.54 Å². The summed E-state index contributed by atoms with van der Waals surface area (Å²) in [6.07, 6.45) is 0.329. The summed E-state index contributed by atoms with van der Waals surface area (Å²) in [6.45, 7) is 2.31. The maximum Gasteiger partial charge on any atom is 0.307 e. The average molecular weight is 243 g/mol. The molecule has 17 heavy (non-hydrogen) atoms. The smallest absolute Gasteiger partial charge is 0.307 e. The van der Waals surface area contributed by atoms with Crippen molar-refractivity contribution in [1.82, 2.24) is 5.32 Å². The molecule has 0 spiro atoms. The first-order valence-electron chi connectivity index (χ1n) is 5.38. The van der Waals surface area contributed by atoms with Crippen LogP contribution in [0.5, 0.6) is 0 Å². The van der Waals surface area contributed by atoms with Gasteiger partial charge in [-0.15, -0.1) is 0 Å². The number of carboxylic acid groups (broad SMARTS) is 1. The highest BCUT2D eigenvalue weighted by Crippen LogP contribution is 2.09. The largest absolute Gasteiger partial charge is 0.481 e. The summed E-state index contributed by atoms with van der Waals surface area (Å²) in [4.78, 5) is 10.5. The molecule has 0 radical (unpaired) electrons. The van der Waals surface area contributed by atoms with E-state index >= 15 is 0 Å². The molecule has 0 aliphatic rings. The third-order valence-corrected chi connectivity index (χ3v) is 2.45. The number of hydrogen-bond donors (Lipinski definition) is 2. The number of rotatable bonds is 6. The summed E-state index contributed by atoms with van der Waals surface area (Å²) in [6, 6.07) is 3.31. The van der Waals surface area contributed by atoms with Crippen molar-refractivity contribution in [3.63, 3.8) is 0 Å². The molecule has 94 valence electrons. The zero-order valence-corrected chi connectivity index (χ0v) is 9.54. The Morgan fingerprint density at radius 3 is 2.82 bits per heavy atom. The van der Waals surface area contributed by atoms with E-state index in [0.717, 1.165) is 18.2 Å². The van der Waals surface area contributed by atoms with Gasteiger partial charge in [0.25, 0.3) is 0 Å². The average Bonchev–Trinajstić information content (AvgIpc) is 2.28. The first-order valence-corrected chi connectivity index (χ1v) is 5.38. The lowest BCUT2D eigenvalue weighted by Crippen LogP contribution is -2.28. The molecule has 1 atom stereocenters. The second kappa shape index (κ2) is 6.30. The van der Waals surface area contributed by atoms with Crippen LogP contribution in [0.1, 0.15) is 12.5 Å². The standard InChI is InChI=1S/C12H15F2NO2/c1-8(12(16)17)7-15-5-4-9-6-10(13)2-3-11(9)14/h2-3,6,8,15H,4-5,7H2,1H3,(H,16,17). The fourth-order valence-electron chi connectivity index (χ4n) is 1.36. The minimum absolute atomic E-state index is 0.292. The molecule has 1 unspecified atom stereocenters. The monoisotopic (exact) mass is 243 g/mol. The molecular weight excluding hydrogens is 228 g/mol. The molecule has 2 N–H and O–H groups in total. The summed E-state index contributed by atoms with van der Waals surface area (Å²) in [7, 11) is 0. The highest BCUT2D eigenvalue weighted by Gasteiger charge is 2.09. The van der Waals surface area contributed by atoms with Crippen molar-refractivity contribution in [1.29, 1.82) is 0 Å². The second-order valence-corrected chi connectivity index (χ2v) is 3.93. The van der Waals surface area contributed by atoms with Gasteiger partial charge in [0.05, 0.1) is 5.92 Å². The van der Waals surface area contributed by atoms with Gasteiger partial charge in [-0.05, 0) is 36.7 Å². The van der Waals surface area contributed by atoms with Crippen LogP contribution in [0.15, 0.2) is 18.2 Å². The van der Waals surface area contributed by atoms with Crippen LogP contribution in [0.2, 0.25) is 0 Å². The Morgan fingerprint density at radius 1 is 1.47 bits per heavy atom. The van der Waals surface area contributed by atoms with Crippen molar-refractivity contribution in [3.8, 4) is 0 Å². The molecule has 0 aliphatic carbocycles. The van der Waals surface area contributed by atoms with Gasteiger partial charge in [-0.1, -0.05) is 6.92 Å². The van der Waals surface area contributed by atoms with Gasteiger partial charge < -0.3 is 10.4 Å². The summed E-state index contributed by atoms with van der Waals surface area (Å²) in [5, 5.41) is 11.5. The van der Waals surface area contributed by atoms with Crippen molar-refractivity contribution in [2.45, 2.75) is 13.3 Å². The predicted molar refractivity (Wildman–Crippen MR) is 59.7 cm³/mol. The molecule has 0 bridgehead atoms. The fraction of sp³-hybridized carbons (Fsp3) is 0.417. The summed E-state index contributed by atoms with van der Waals surface area (Å²) < 4.78 is 26.0. The topological polar surface area (TPSA) is 49.3 Å². The van der Waals surface area contributed by atoms with Crippen LogP contribution in [0.3, 0.4) is 0 Å². The van der Waals surface area contributed by atoms with Gasteiger partial charge in [0.1, 0.15) is 11.6 Å². The Kier molecular flexibility index (Phi) is 5.03. The third kappa shape index (κ3) is 4.48. The third-order valence-electron chi connectivity index (χ3n) is 2.45. The summed E-state index contributed by atoms with van der Waals surface area (Å²) >= 11 is 0. The summed E-state index contributed by atoms with van der Waals surface area (Å²) in [5.74, 6) is -2.29. The zero-order valence-electron chi connectivity index (χ0n) is 9.54. The van der Waals surface area contributed by atoms with Crippen molar-refractivity contribution in [2.24, 2.45) is 5.92 Å². The van der Waals surface area contributed by atoms with Crippen molar-refractivity contribution >= 4 is 5.97 Å². The predicted octanol–water partition coefficient (Wildman–Crippen LogP) is 1.82. The lowest BCUT2D eigenvalue weighted by Gasteiger charge is -2.08. The summed E-state index contributed by atoms with van der Waals surface area (Å²) in [5.41, 5.74) is 0.292. The van der Waals surface area contributed by atoms with E-state index in [0.29, 0.717) is 25.1 Å². The fourth-order valence-corrected chi connectivity index (χ4v) is 1.36. The number of carboxylic acids is 1. The first kappa shape index (κ1) is 13.6. The minimum atomic E-state index is -0.880. The van der Waals surface area contributed by atoms with Gasteiger partial charge in [-0.25, -0.2) is 8.78 Å². The molecule has 1 rings (SSSR count). The first-order chi connectivity index (χ1) is 8.00. The van der Waals surface area contributed by atoms with Crippen LogP contribution in [-0.4, -0.2) is 24.2 Å². The highest BCUT2D eigenvalue weighted by atomic mass is 19.1. The highest BCUT2D eigenvalue weighted by molar-refractivity contribution is 5.69. The van der Waals surface area contributed by atoms with Crippen molar-refractivity contribution in [3.05, 3.63) is 35.4 Å². The number of carbonyl (C=O) groups is 1. The molecule has 0 aliphatic heterocycles. The van der Waals surface area contributed by atoms with Gasteiger partial charge in [-0.3, -0.25) is 4.79 Å². The van der Waals surface area contributed by atoms with Crippen LogP contribution in [0.4, 0.5) is 8.78 Å². The Balaban J connectivity index is 2.36. The van der Waals surface area contributed by atoms with Gasteiger partial charge >= 0.3 is 5.97 Å². The Morgan fingerprint density at radius 2 is 2.18 bits per heavy atom. The Labute approximate surface area is 98.5 Å². The van der Waals surface area contributed by atoms with Crippen molar-refractivity contribution in [2.75, 3.05) is 13.1 Å². The number of hydrogen-bond acceptors (Lipinski definition) is 2. The van der Waals surface area contributed by atoms with Crippen LogP contribution >= 0.6 is 0 Å². The van der Waals surface area contributed by atoms with E-state index in [2.05, 4.69) is 5.32 Å². The lowest BCUT2D eigenvalue weighted by molar-refractivity contribution is -0.140. The maximum absolute atomic E-state index is 13.2. The van der Waals surface area contributed by atoms with Crippen LogP contribution < -0.4 is 5.32 Å². The number of benzene rings is 1. The molecular formula is C12H15F2NO2. The van der Waals surface area contributed by atoms with Gasteiger partial charge in [0.2, 0.25) is 0 Å². The lowest BCUT2D eigenvalue weighted by atomic mass is 10.1. The van der Waals surface area contributed by atoms with Gasteiger partial charge in [0.15, 0.2) is 0 Å². The van der Waals surface area contributed by atoms with E-state index < -0.39 is 23.5 Å². The van der Waals surface area contributed by atoms with E-state index in [-0.39, 0.29) is 0 Å². The number of nitrogens with one attached hydrogen (secondary N) is 1.